The van der Waals surface area contributed by atoms with Crippen molar-refractivity contribution >= 4 is 12.4 Å². The maximum absolute atomic E-state index is 9.20. The van der Waals surface area contributed by atoms with E-state index in [1.807, 2.05) is 0 Å². The second kappa shape index (κ2) is 4.60. The molecule has 2 heterocycles. The number of hydrogen-bond donors (Lipinski definition) is 2. The summed E-state index contributed by atoms with van der Waals surface area (Å²) in [5.41, 5.74) is 0.354. The van der Waals surface area contributed by atoms with Crippen molar-refractivity contribution in [2.24, 2.45) is 11.3 Å². The van der Waals surface area contributed by atoms with Crippen LogP contribution in [-0.4, -0.2) is 38.0 Å². The maximum Gasteiger partial charge on any atom is 0.0477 e. The summed E-state index contributed by atoms with van der Waals surface area (Å²) in [6.45, 7) is 4.13. The van der Waals surface area contributed by atoms with Gasteiger partial charge in [-0.15, -0.1) is 12.4 Å². The molecule has 0 radical (unpaired) electrons. The lowest BCUT2D eigenvalue weighted by atomic mass is 9.72. The molecular formula is C9H18ClNO2. The molecule has 2 aliphatic heterocycles. The summed E-state index contributed by atoms with van der Waals surface area (Å²) >= 11 is 0. The molecule has 2 rings (SSSR count). The van der Waals surface area contributed by atoms with Crippen LogP contribution < -0.4 is 5.32 Å². The van der Waals surface area contributed by atoms with Gasteiger partial charge in [0, 0.05) is 38.8 Å². The van der Waals surface area contributed by atoms with Gasteiger partial charge in [-0.05, 0) is 18.3 Å². The van der Waals surface area contributed by atoms with Crippen LogP contribution in [0.25, 0.3) is 0 Å². The lowest BCUT2D eigenvalue weighted by molar-refractivity contribution is -0.00966. The average Bonchev–Trinajstić information content (AvgIpc) is 2.49. The van der Waals surface area contributed by atoms with Gasteiger partial charge >= 0.3 is 0 Å². The Kier molecular flexibility index (Phi) is 3.98. The van der Waals surface area contributed by atoms with Gasteiger partial charge in [-0.1, -0.05) is 0 Å². The summed E-state index contributed by atoms with van der Waals surface area (Å²) in [6, 6.07) is 0. The van der Waals surface area contributed by atoms with Crippen molar-refractivity contribution < 1.29 is 9.84 Å². The molecule has 0 amide bonds. The molecule has 2 saturated heterocycles. The van der Waals surface area contributed by atoms with Crippen LogP contribution in [0, 0.1) is 11.3 Å². The Morgan fingerprint density at radius 3 is 2.69 bits per heavy atom. The molecule has 4 heteroatoms. The number of halogens is 1. The second-order valence-corrected chi connectivity index (χ2v) is 3.99. The number of rotatable bonds is 1. The number of hydrogen-bond acceptors (Lipinski definition) is 3. The number of aliphatic hydroxyl groups is 1. The number of nitrogens with one attached hydrogen (secondary N) is 1. The highest BCUT2D eigenvalue weighted by atomic mass is 35.5. The molecule has 78 valence electrons. The summed E-state index contributed by atoms with van der Waals surface area (Å²) in [7, 11) is 0. The van der Waals surface area contributed by atoms with Crippen molar-refractivity contribution in [1.82, 2.24) is 5.32 Å². The van der Waals surface area contributed by atoms with Crippen LogP contribution in [-0.2, 0) is 4.74 Å². The Morgan fingerprint density at radius 1 is 1.38 bits per heavy atom. The van der Waals surface area contributed by atoms with Crippen molar-refractivity contribution in [3.05, 3.63) is 0 Å². The van der Waals surface area contributed by atoms with E-state index >= 15 is 0 Å². The van der Waals surface area contributed by atoms with E-state index in [0.29, 0.717) is 17.9 Å². The lowest BCUT2D eigenvalue weighted by Crippen LogP contribution is -2.37. The first-order chi connectivity index (χ1) is 5.87. The zero-order valence-electron chi connectivity index (χ0n) is 7.79. The molecule has 1 unspecified atom stereocenters. The lowest BCUT2D eigenvalue weighted by Gasteiger charge is -2.37. The van der Waals surface area contributed by atoms with Gasteiger partial charge in [0.05, 0.1) is 0 Å². The highest BCUT2D eigenvalue weighted by molar-refractivity contribution is 5.85. The molecule has 2 N–H and O–H groups in total. The molecule has 13 heavy (non-hydrogen) atoms. The van der Waals surface area contributed by atoms with Gasteiger partial charge < -0.3 is 15.2 Å². The van der Waals surface area contributed by atoms with Crippen LogP contribution >= 0.6 is 12.4 Å². The molecule has 0 aliphatic carbocycles. The molecule has 0 aromatic heterocycles. The Morgan fingerprint density at radius 2 is 2.08 bits per heavy atom. The second-order valence-electron chi connectivity index (χ2n) is 3.99. The highest BCUT2D eigenvalue weighted by Gasteiger charge is 2.43. The standard InChI is InChI=1S/C9H17NO2.ClH/c11-6-8-5-10-7-9(8)1-3-12-4-2-9;/h8,10-11H,1-7H2;1H. The van der Waals surface area contributed by atoms with Crippen LogP contribution in [0.1, 0.15) is 12.8 Å². The fourth-order valence-corrected chi connectivity index (χ4v) is 2.48. The van der Waals surface area contributed by atoms with E-state index in [9.17, 15) is 5.11 Å². The summed E-state index contributed by atoms with van der Waals surface area (Å²) in [5.74, 6) is 0.460. The first kappa shape index (κ1) is 11.2. The van der Waals surface area contributed by atoms with Crippen molar-refractivity contribution in [1.29, 1.82) is 0 Å². The van der Waals surface area contributed by atoms with Gasteiger partial charge in [0.25, 0.3) is 0 Å². The molecule has 3 nitrogen and oxygen atoms in total. The summed E-state index contributed by atoms with van der Waals surface area (Å²) < 4.78 is 5.34. The highest BCUT2D eigenvalue weighted by Crippen LogP contribution is 2.40. The SMILES string of the molecule is Cl.OCC1CNCC12CCOCC2. The van der Waals surface area contributed by atoms with Crippen LogP contribution in [0.5, 0.6) is 0 Å². The molecule has 0 bridgehead atoms. The molecule has 0 saturated carbocycles. The van der Waals surface area contributed by atoms with E-state index in [-0.39, 0.29) is 12.4 Å². The normalized spacial score (nSPS) is 31.6. The summed E-state index contributed by atoms with van der Waals surface area (Å²) in [6.07, 6.45) is 2.23. The zero-order chi connectivity index (χ0) is 8.44. The van der Waals surface area contributed by atoms with Gasteiger partial charge in [0.1, 0.15) is 0 Å². The molecule has 0 aromatic carbocycles. The molecule has 2 aliphatic rings. The van der Waals surface area contributed by atoms with E-state index in [4.69, 9.17) is 4.74 Å². The van der Waals surface area contributed by atoms with Gasteiger partial charge in [-0.25, -0.2) is 0 Å². The predicted molar refractivity (Wildman–Crippen MR) is 53.2 cm³/mol. The monoisotopic (exact) mass is 207 g/mol. The third-order valence-corrected chi connectivity index (χ3v) is 3.44. The number of ether oxygens (including phenoxy) is 1. The van der Waals surface area contributed by atoms with Crippen LogP contribution in [0.3, 0.4) is 0 Å². The van der Waals surface area contributed by atoms with E-state index in [0.717, 1.165) is 39.1 Å². The van der Waals surface area contributed by atoms with Gasteiger partial charge in [0.15, 0.2) is 0 Å². The van der Waals surface area contributed by atoms with Crippen molar-refractivity contribution in [2.75, 3.05) is 32.9 Å². The third kappa shape index (κ3) is 1.99. The van der Waals surface area contributed by atoms with Crippen LogP contribution in [0.4, 0.5) is 0 Å². The topological polar surface area (TPSA) is 41.5 Å². The van der Waals surface area contributed by atoms with Gasteiger partial charge in [0.2, 0.25) is 0 Å². The molecule has 0 aromatic rings. The maximum atomic E-state index is 9.20. The van der Waals surface area contributed by atoms with Crippen LogP contribution in [0.2, 0.25) is 0 Å². The van der Waals surface area contributed by atoms with E-state index in [1.54, 1.807) is 0 Å². The molecule has 2 fully saturated rings. The minimum atomic E-state index is 0. The minimum absolute atomic E-state index is 0. The molecule has 1 spiro atoms. The fraction of sp³-hybridized carbons (Fsp3) is 1.00. The Bertz CT molecular complexity index is 160. The van der Waals surface area contributed by atoms with Gasteiger partial charge in [-0.3, -0.25) is 0 Å². The molecule has 1 atom stereocenters. The number of aliphatic hydroxyl groups excluding tert-OH is 1. The minimum Gasteiger partial charge on any atom is -0.396 e. The van der Waals surface area contributed by atoms with Crippen molar-refractivity contribution in [3.63, 3.8) is 0 Å². The predicted octanol–water partition coefficient (Wildman–Crippen LogP) is 0.417. The van der Waals surface area contributed by atoms with E-state index in [1.165, 1.54) is 0 Å². The Hall–Kier alpha value is 0.170. The Balaban J connectivity index is 0.000000845. The first-order valence-corrected chi connectivity index (χ1v) is 4.77. The van der Waals surface area contributed by atoms with Gasteiger partial charge in [-0.2, -0.15) is 0 Å². The Labute approximate surface area is 85.3 Å². The fourth-order valence-electron chi connectivity index (χ4n) is 2.48. The average molecular weight is 208 g/mol. The largest absolute Gasteiger partial charge is 0.396 e. The van der Waals surface area contributed by atoms with Crippen LogP contribution in [0.15, 0.2) is 0 Å². The smallest absolute Gasteiger partial charge is 0.0477 e. The molecular weight excluding hydrogens is 190 g/mol. The van der Waals surface area contributed by atoms with E-state index in [2.05, 4.69) is 5.32 Å². The van der Waals surface area contributed by atoms with Crippen molar-refractivity contribution in [3.8, 4) is 0 Å². The van der Waals surface area contributed by atoms with Crippen molar-refractivity contribution in [2.45, 2.75) is 12.8 Å². The first-order valence-electron chi connectivity index (χ1n) is 4.77. The van der Waals surface area contributed by atoms with E-state index < -0.39 is 0 Å². The zero-order valence-corrected chi connectivity index (χ0v) is 8.61. The summed E-state index contributed by atoms with van der Waals surface area (Å²) in [5, 5.41) is 12.6. The third-order valence-electron chi connectivity index (χ3n) is 3.44. The summed E-state index contributed by atoms with van der Waals surface area (Å²) in [4.78, 5) is 0. The quantitative estimate of drug-likeness (QED) is 0.655.